The molecule has 0 aromatic heterocycles. The summed E-state index contributed by atoms with van der Waals surface area (Å²) in [6.45, 7) is 0.910. The van der Waals surface area contributed by atoms with Gasteiger partial charge in [-0.1, -0.05) is 12.1 Å². The molecule has 0 aliphatic heterocycles. The Hall–Kier alpha value is -1.06. The van der Waals surface area contributed by atoms with Gasteiger partial charge < -0.3 is 15.6 Å². The van der Waals surface area contributed by atoms with Gasteiger partial charge in [0.2, 0.25) is 0 Å². The van der Waals surface area contributed by atoms with Crippen LogP contribution in [0.15, 0.2) is 18.2 Å². The summed E-state index contributed by atoms with van der Waals surface area (Å²) in [5.74, 6) is 0.975. The molecule has 1 aromatic rings. The molecule has 1 aliphatic rings. The average molecular weight is 221 g/mol. The van der Waals surface area contributed by atoms with E-state index < -0.39 is 0 Å². The molecule has 0 radical (unpaired) electrons. The smallest absolute Gasteiger partial charge is 0.122 e. The van der Waals surface area contributed by atoms with Crippen LogP contribution >= 0.6 is 0 Å². The highest BCUT2D eigenvalue weighted by atomic mass is 16.5. The van der Waals surface area contributed by atoms with Gasteiger partial charge in [-0.15, -0.1) is 0 Å². The fourth-order valence-electron chi connectivity index (χ4n) is 2.18. The molecule has 1 unspecified atom stereocenters. The second kappa shape index (κ2) is 5.32. The molecule has 0 saturated carbocycles. The second-order valence-electron chi connectivity index (χ2n) is 4.25. The lowest BCUT2D eigenvalue weighted by molar-refractivity contribution is 0.252. The lowest BCUT2D eigenvalue weighted by Crippen LogP contribution is -2.05. The Morgan fingerprint density at radius 3 is 3.06 bits per heavy atom. The van der Waals surface area contributed by atoms with Crippen LogP contribution in [-0.4, -0.2) is 18.3 Å². The maximum absolute atomic E-state index is 8.68. The van der Waals surface area contributed by atoms with Crippen molar-refractivity contribution >= 4 is 0 Å². The highest BCUT2D eigenvalue weighted by Crippen LogP contribution is 2.35. The van der Waals surface area contributed by atoms with Gasteiger partial charge in [0.05, 0.1) is 6.61 Å². The number of aliphatic hydroxyl groups excluding tert-OH is 1. The summed E-state index contributed by atoms with van der Waals surface area (Å²) in [6.07, 6.45) is 3.74. The summed E-state index contributed by atoms with van der Waals surface area (Å²) < 4.78 is 5.73. The van der Waals surface area contributed by atoms with E-state index in [0.29, 0.717) is 6.61 Å². The van der Waals surface area contributed by atoms with Gasteiger partial charge in [-0.25, -0.2) is 0 Å². The van der Waals surface area contributed by atoms with Crippen molar-refractivity contribution in [3.63, 3.8) is 0 Å². The molecule has 1 aliphatic carbocycles. The number of hydrogen-bond acceptors (Lipinski definition) is 3. The normalized spacial score (nSPS) is 18.5. The Morgan fingerprint density at radius 2 is 2.25 bits per heavy atom. The third-order valence-corrected chi connectivity index (χ3v) is 3.08. The van der Waals surface area contributed by atoms with Crippen LogP contribution < -0.4 is 10.5 Å². The fraction of sp³-hybridized carbons (Fsp3) is 0.538. The number of ether oxygens (including phenoxy) is 1. The number of aliphatic hydroxyl groups is 1. The number of benzene rings is 1. The summed E-state index contributed by atoms with van der Waals surface area (Å²) >= 11 is 0. The quantitative estimate of drug-likeness (QED) is 0.745. The molecule has 0 fully saturated rings. The van der Waals surface area contributed by atoms with Gasteiger partial charge in [-0.05, 0) is 42.9 Å². The lowest BCUT2D eigenvalue weighted by atomic mass is 10.1. The monoisotopic (exact) mass is 221 g/mol. The number of rotatable bonds is 5. The van der Waals surface area contributed by atoms with Gasteiger partial charge in [-0.3, -0.25) is 0 Å². The molecule has 0 bridgehead atoms. The minimum atomic E-state index is 0.177. The number of nitrogens with two attached hydrogens (primary N) is 1. The van der Waals surface area contributed by atoms with E-state index in [0.717, 1.165) is 31.4 Å². The number of unbranched alkanes of at least 4 members (excludes halogenated alkanes) is 1. The first-order valence-electron chi connectivity index (χ1n) is 5.94. The summed E-state index contributed by atoms with van der Waals surface area (Å²) in [7, 11) is 0. The van der Waals surface area contributed by atoms with E-state index in [4.69, 9.17) is 15.6 Å². The Morgan fingerprint density at radius 1 is 1.38 bits per heavy atom. The molecule has 2 rings (SSSR count). The largest absolute Gasteiger partial charge is 0.493 e. The van der Waals surface area contributed by atoms with Gasteiger partial charge in [0.25, 0.3) is 0 Å². The van der Waals surface area contributed by atoms with Crippen LogP contribution in [0.1, 0.15) is 36.4 Å². The Balaban J connectivity index is 2.00. The topological polar surface area (TPSA) is 55.5 Å². The molecule has 3 N–H and O–H groups in total. The van der Waals surface area contributed by atoms with E-state index in [1.807, 2.05) is 12.1 Å². The van der Waals surface area contributed by atoms with Crippen LogP contribution in [0.5, 0.6) is 5.75 Å². The SMILES string of the molecule is NC1CCc2c(OCCCCO)cccc21. The predicted octanol–water partition coefficient (Wildman–Crippen LogP) is 1.78. The van der Waals surface area contributed by atoms with Crippen LogP contribution in [0.2, 0.25) is 0 Å². The van der Waals surface area contributed by atoms with E-state index in [2.05, 4.69) is 6.07 Å². The lowest BCUT2D eigenvalue weighted by Gasteiger charge is -2.11. The first-order chi connectivity index (χ1) is 7.83. The summed E-state index contributed by atoms with van der Waals surface area (Å²) in [4.78, 5) is 0. The molecule has 0 amide bonds. The fourth-order valence-corrected chi connectivity index (χ4v) is 2.18. The second-order valence-corrected chi connectivity index (χ2v) is 4.25. The predicted molar refractivity (Wildman–Crippen MR) is 63.5 cm³/mol. The van der Waals surface area contributed by atoms with Crippen LogP contribution in [0, 0.1) is 0 Å². The zero-order valence-corrected chi connectivity index (χ0v) is 9.48. The highest BCUT2D eigenvalue weighted by molar-refractivity contribution is 5.44. The summed E-state index contributed by atoms with van der Waals surface area (Å²) in [5.41, 5.74) is 8.52. The minimum absolute atomic E-state index is 0.177. The Kier molecular flexibility index (Phi) is 3.80. The molecule has 1 aromatic carbocycles. The van der Waals surface area contributed by atoms with Crippen molar-refractivity contribution in [2.75, 3.05) is 13.2 Å². The molecule has 1 atom stereocenters. The number of hydrogen-bond donors (Lipinski definition) is 2. The zero-order chi connectivity index (χ0) is 11.4. The van der Waals surface area contributed by atoms with Gasteiger partial charge >= 0.3 is 0 Å². The third-order valence-electron chi connectivity index (χ3n) is 3.08. The Labute approximate surface area is 96.2 Å². The van der Waals surface area contributed by atoms with Gasteiger partial charge in [0.15, 0.2) is 0 Å². The van der Waals surface area contributed by atoms with Crippen LogP contribution in [-0.2, 0) is 6.42 Å². The molecule has 3 nitrogen and oxygen atoms in total. The molecule has 0 heterocycles. The first kappa shape index (κ1) is 11.4. The maximum atomic E-state index is 8.68. The van der Waals surface area contributed by atoms with Crippen molar-refractivity contribution in [3.8, 4) is 5.75 Å². The number of fused-ring (bicyclic) bond motifs is 1. The van der Waals surface area contributed by atoms with E-state index in [-0.39, 0.29) is 12.6 Å². The van der Waals surface area contributed by atoms with Crippen LogP contribution in [0.4, 0.5) is 0 Å². The van der Waals surface area contributed by atoms with Crippen molar-refractivity contribution in [2.45, 2.75) is 31.7 Å². The van der Waals surface area contributed by atoms with Crippen molar-refractivity contribution < 1.29 is 9.84 Å². The highest BCUT2D eigenvalue weighted by Gasteiger charge is 2.21. The Bertz CT molecular complexity index is 352. The molecule has 0 spiro atoms. The third kappa shape index (κ3) is 2.36. The van der Waals surface area contributed by atoms with Crippen LogP contribution in [0.3, 0.4) is 0 Å². The van der Waals surface area contributed by atoms with E-state index >= 15 is 0 Å². The molecular formula is C13H19NO2. The summed E-state index contributed by atoms with van der Waals surface area (Å²) in [6, 6.07) is 6.28. The van der Waals surface area contributed by atoms with Crippen molar-refractivity contribution in [2.24, 2.45) is 5.73 Å². The zero-order valence-electron chi connectivity index (χ0n) is 9.48. The summed E-state index contributed by atoms with van der Waals surface area (Å²) in [5, 5.41) is 8.68. The van der Waals surface area contributed by atoms with Crippen molar-refractivity contribution in [1.29, 1.82) is 0 Å². The van der Waals surface area contributed by atoms with Crippen molar-refractivity contribution in [3.05, 3.63) is 29.3 Å². The molecule has 88 valence electrons. The molecular weight excluding hydrogens is 202 g/mol. The molecule has 0 saturated heterocycles. The van der Waals surface area contributed by atoms with E-state index in [1.165, 1.54) is 11.1 Å². The van der Waals surface area contributed by atoms with Crippen LogP contribution in [0.25, 0.3) is 0 Å². The van der Waals surface area contributed by atoms with Gasteiger partial charge in [0.1, 0.15) is 5.75 Å². The van der Waals surface area contributed by atoms with Gasteiger partial charge in [0, 0.05) is 12.6 Å². The minimum Gasteiger partial charge on any atom is -0.493 e. The first-order valence-corrected chi connectivity index (χ1v) is 5.94. The average Bonchev–Trinajstić information content (AvgIpc) is 2.68. The maximum Gasteiger partial charge on any atom is 0.122 e. The van der Waals surface area contributed by atoms with Gasteiger partial charge in [-0.2, -0.15) is 0 Å². The van der Waals surface area contributed by atoms with Crippen molar-refractivity contribution in [1.82, 2.24) is 0 Å². The van der Waals surface area contributed by atoms with E-state index in [1.54, 1.807) is 0 Å². The van der Waals surface area contributed by atoms with E-state index in [9.17, 15) is 0 Å². The molecule has 3 heteroatoms. The molecule has 16 heavy (non-hydrogen) atoms. The standard InChI is InChI=1S/C13H19NO2/c14-12-7-6-11-10(12)4-3-5-13(11)16-9-2-1-8-15/h3-5,12,15H,1-2,6-9,14H2.